The average molecular weight is 546 g/mol. The number of anilines is 2. The van der Waals surface area contributed by atoms with E-state index < -0.39 is 17.7 Å². The lowest BCUT2D eigenvalue weighted by atomic mass is 10.2. The maximum Gasteiger partial charge on any atom is 0.328 e. The van der Waals surface area contributed by atoms with Crippen molar-refractivity contribution in [2.75, 3.05) is 23.2 Å². The predicted octanol–water partition coefficient (Wildman–Crippen LogP) is 5.88. The molecule has 0 atom stereocenters. The number of para-hydroxylation sites is 1. The van der Waals surface area contributed by atoms with Crippen LogP contribution in [0.2, 0.25) is 15.1 Å². The lowest BCUT2D eigenvalue weighted by molar-refractivity contribution is -0.133. The number of benzene rings is 3. The number of nitrogens with zero attached hydrogens (tertiary/aromatic N) is 1. The molecule has 0 unspecified atom stereocenters. The molecule has 4 aromatic rings. The molecule has 3 aromatic carbocycles. The van der Waals surface area contributed by atoms with Gasteiger partial charge in [-0.3, -0.25) is 19.8 Å². The van der Waals surface area contributed by atoms with Gasteiger partial charge in [-0.1, -0.05) is 53.0 Å². The summed E-state index contributed by atoms with van der Waals surface area (Å²) in [6.45, 7) is 1.71. The van der Waals surface area contributed by atoms with Crippen LogP contribution in [-0.2, 0) is 9.59 Å². The number of aromatic nitrogens is 1. The van der Waals surface area contributed by atoms with E-state index in [1.54, 1.807) is 61.5 Å². The maximum atomic E-state index is 13.2. The summed E-state index contributed by atoms with van der Waals surface area (Å²) in [4.78, 5) is 38.8. The van der Waals surface area contributed by atoms with Crippen molar-refractivity contribution in [3.8, 4) is 5.75 Å². The Hall–Kier alpha value is -3.72. The van der Waals surface area contributed by atoms with Crippen LogP contribution in [0.1, 0.15) is 16.1 Å². The molecule has 184 valence electrons. The predicted molar refractivity (Wildman–Crippen MR) is 142 cm³/mol. The SMILES string of the molecule is COc1cccc2cc(C(=O)Nc3ccc(Cl)c(Cl)c3)n(NC(=O)C(=O)Nc3cccc(Cl)c3C)c12. The Morgan fingerprint density at radius 3 is 2.31 bits per heavy atom. The zero-order chi connectivity index (χ0) is 26.0. The first kappa shape index (κ1) is 25.4. The molecule has 0 saturated carbocycles. The number of methoxy groups -OCH3 is 1. The molecule has 0 saturated heterocycles. The minimum absolute atomic E-state index is 0.0423. The van der Waals surface area contributed by atoms with Gasteiger partial charge in [0.2, 0.25) is 0 Å². The Bertz CT molecular complexity index is 1520. The van der Waals surface area contributed by atoms with E-state index in [0.717, 1.165) is 0 Å². The summed E-state index contributed by atoms with van der Waals surface area (Å²) in [5.74, 6) is -2.15. The highest BCUT2D eigenvalue weighted by atomic mass is 35.5. The lowest BCUT2D eigenvalue weighted by Gasteiger charge is -2.15. The van der Waals surface area contributed by atoms with E-state index in [4.69, 9.17) is 39.5 Å². The third kappa shape index (κ3) is 5.11. The average Bonchev–Trinajstić information content (AvgIpc) is 3.23. The Morgan fingerprint density at radius 2 is 1.58 bits per heavy atom. The largest absolute Gasteiger partial charge is 0.494 e. The molecule has 0 aliphatic heterocycles. The molecular weight excluding hydrogens is 527 g/mol. The zero-order valence-electron chi connectivity index (χ0n) is 19.0. The molecule has 1 aromatic heterocycles. The normalized spacial score (nSPS) is 10.7. The third-order valence-electron chi connectivity index (χ3n) is 5.35. The number of rotatable bonds is 5. The van der Waals surface area contributed by atoms with Crippen molar-refractivity contribution >= 4 is 74.8 Å². The van der Waals surface area contributed by atoms with Crippen LogP contribution in [0.15, 0.2) is 60.7 Å². The number of fused-ring (bicyclic) bond motifs is 1. The molecule has 4 rings (SSSR count). The monoisotopic (exact) mass is 544 g/mol. The van der Waals surface area contributed by atoms with Crippen molar-refractivity contribution in [3.63, 3.8) is 0 Å². The highest BCUT2D eigenvalue weighted by Gasteiger charge is 2.23. The quantitative estimate of drug-likeness (QED) is 0.273. The Morgan fingerprint density at radius 1 is 0.833 bits per heavy atom. The summed E-state index contributed by atoms with van der Waals surface area (Å²) >= 11 is 18.1. The van der Waals surface area contributed by atoms with Gasteiger partial charge < -0.3 is 15.4 Å². The van der Waals surface area contributed by atoms with Crippen LogP contribution in [0.5, 0.6) is 5.75 Å². The molecule has 36 heavy (non-hydrogen) atoms. The molecule has 1 heterocycles. The standard InChI is InChI=1S/C25H19Cl3N4O4/c1-13-16(26)6-4-7-19(13)30-24(34)25(35)31-32-20(11-14-5-3-8-21(36-2)22(14)32)23(33)29-15-9-10-17(27)18(28)12-15/h3-12H,1-2H3,(H,29,33)(H,30,34)(H,31,35). The van der Waals surface area contributed by atoms with E-state index in [9.17, 15) is 14.4 Å². The molecule has 3 N–H and O–H groups in total. The fourth-order valence-corrected chi connectivity index (χ4v) is 3.99. The van der Waals surface area contributed by atoms with Gasteiger partial charge in [-0.15, -0.1) is 0 Å². The molecule has 3 amide bonds. The van der Waals surface area contributed by atoms with Crippen LogP contribution in [-0.4, -0.2) is 29.5 Å². The summed E-state index contributed by atoms with van der Waals surface area (Å²) in [5, 5.41) is 6.88. The van der Waals surface area contributed by atoms with E-state index in [0.29, 0.717) is 43.6 Å². The molecular formula is C25H19Cl3N4O4. The molecule has 0 bridgehead atoms. The number of carbonyl (C=O) groups excluding carboxylic acids is 3. The van der Waals surface area contributed by atoms with Gasteiger partial charge >= 0.3 is 11.8 Å². The van der Waals surface area contributed by atoms with E-state index in [1.165, 1.54) is 17.9 Å². The Labute approximate surface area is 221 Å². The van der Waals surface area contributed by atoms with Crippen LogP contribution >= 0.6 is 34.8 Å². The molecule has 0 radical (unpaired) electrons. The van der Waals surface area contributed by atoms with E-state index >= 15 is 0 Å². The van der Waals surface area contributed by atoms with Gasteiger partial charge in [0.15, 0.2) is 0 Å². The lowest BCUT2D eigenvalue weighted by Crippen LogP contribution is -2.36. The molecule has 0 fully saturated rings. The Kier molecular flexibility index (Phi) is 7.40. The fraction of sp³-hybridized carbons (Fsp3) is 0.0800. The van der Waals surface area contributed by atoms with E-state index in [2.05, 4.69) is 16.1 Å². The number of halogens is 3. The minimum atomic E-state index is -1.01. The summed E-state index contributed by atoms with van der Waals surface area (Å²) in [5.41, 5.74) is 4.30. The molecule has 0 aliphatic carbocycles. The number of hydrogen-bond donors (Lipinski definition) is 3. The maximum absolute atomic E-state index is 13.2. The smallest absolute Gasteiger partial charge is 0.328 e. The van der Waals surface area contributed by atoms with Crippen LogP contribution in [0.4, 0.5) is 11.4 Å². The van der Waals surface area contributed by atoms with Crippen LogP contribution in [0.3, 0.4) is 0 Å². The van der Waals surface area contributed by atoms with E-state index in [1.807, 2.05) is 0 Å². The fourth-order valence-electron chi connectivity index (χ4n) is 3.52. The number of hydrogen-bond acceptors (Lipinski definition) is 4. The molecule has 8 nitrogen and oxygen atoms in total. The van der Waals surface area contributed by atoms with E-state index in [-0.39, 0.29) is 10.7 Å². The van der Waals surface area contributed by atoms with Crippen LogP contribution < -0.4 is 20.8 Å². The molecule has 11 heteroatoms. The number of carbonyl (C=O) groups is 3. The van der Waals surface area contributed by atoms with Gasteiger partial charge in [0.05, 0.1) is 17.2 Å². The minimum Gasteiger partial charge on any atom is -0.494 e. The van der Waals surface area contributed by atoms with Crippen molar-refractivity contribution in [3.05, 3.63) is 87.0 Å². The second kappa shape index (κ2) is 10.5. The van der Waals surface area contributed by atoms with Gasteiger partial charge in [0.1, 0.15) is 17.0 Å². The summed E-state index contributed by atoms with van der Waals surface area (Å²) < 4.78 is 6.63. The van der Waals surface area contributed by atoms with Gasteiger partial charge in [0.25, 0.3) is 5.91 Å². The first-order valence-corrected chi connectivity index (χ1v) is 11.6. The summed E-state index contributed by atoms with van der Waals surface area (Å²) in [6, 6.07) is 16.3. The number of amides is 3. The van der Waals surface area contributed by atoms with Gasteiger partial charge in [-0.25, -0.2) is 4.68 Å². The van der Waals surface area contributed by atoms with Gasteiger partial charge in [0, 0.05) is 21.8 Å². The van der Waals surface area contributed by atoms with Crippen molar-refractivity contribution in [1.29, 1.82) is 0 Å². The number of ether oxygens (including phenoxy) is 1. The second-order valence-corrected chi connectivity index (χ2v) is 8.88. The van der Waals surface area contributed by atoms with Crippen molar-refractivity contribution < 1.29 is 19.1 Å². The highest BCUT2D eigenvalue weighted by Crippen LogP contribution is 2.30. The summed E-state index contributed by atoms with van der Waals surface area (Å²) in [6.07, 6.45) is 0. The first-order chi connectivity index (χ1) is 17.2. The van der Waals surface area contributed by atoms with Gasteiger partial charge in [-0.2, -0.15) is 0 Å². The number of nitrogens with one attached hydrogen (secondary N) is 3. The van der Waals surface area contributed by atoms with Crippen molar-refractivity contribution in [1.82, 2.24) is 4.68 Å². The van der Waals surface area contributed by atoms with Crippen molar-refractivity contribution in [2.24, 2.45) is 0 Å². The Balaban J connectivity index is 1.68. The van der Waals surface area contributed by atoms with Crippen LogP contribution in [0.25, 0.3) is 10.9 Å². The van der Waals surface area contributed by atoms with Crippen LogP contribution in [0, 0.1) is 6.92 Å². The summed E-state index contributed by atoms with van der Waals surface area (Å²) in [7, 11) is 1.46. The van der Waals surface area contributed by atoms with Gasteiger partial charge in [-0.05, 0) is 55.0 Å². The first-order valence-electron chi connectivity index (χ1n) is 10.5. The topological polar surface area (TPSA) is 101 Å². The second-order valence-electron chi connectivity index (χ2n) is 7.65. The van der Waals surface area contributed by atoms with Crippen molar-refractivity contribution in [2.45, 2.75) is 6.92 Å². The third-order valence-corrected chi connectivity index (χ3v) is 6.50. The molecule has 0 spiro atoms. The zero-order valence-corrected chi connectivity index (χ0v) is 21.3. The molecule has 0 aliphatic rings. The highest BCUT2D eigenvalue weighted by molar-refractivity contribution is 6.43.